The number of carbonyl (C=O) groups excluding carboxylic acids is 2. The lowest BCUT2D eigenvalue weighted by atomic mass is 9.78. The Labute approximate surface area is 782 Å². The van der Waals surface area contributed by atoms with E-state index < -0.39 is 88.5 Å². The van der Waals surface area contributed by atoms with Gasteiger partial charge in [0.25, 0.3) is 0 Å². The molecule has 8 fully saturated rings. The summed E-state index contributed by atoms with van der Waals surface area (Å²) in [5.74, 6) is -2.07. The third-order valence-corrected chi connectivity index (χ3v) is 28.7. The van der Waals surface area contributed by atoms with Crippen LogP contribution in [0.15, 0.2) is 0 Å². The van der Waals surface area contributed by atoms with Gasteiger partial charge in [0, 0.05) is 13.5 Å². The SMILES string of the molecule is C.C.C.C.C.C.C.C.C.C.C.C.C.C.CCC1CC(CC)C(C(=O)O)C1C.CCC1CC(CC)C(C(=O)O)C1C(=O)O.CCC1CC(CC)C(C(=O)OC)C1C(=O)O.CCC1CC(CC)C(C(CC(=O)O)OC(C)=O)C1.CCC1CC(CC)C(C(CC(=O)O)OC2CCCCO2)C1.CCC1CC(CC)C(C)(C(=O)O)C1.CCC1CC(CC)C(CC(C)(O)CC(=O)O)C1. The topological polar surface area (TPSA) is 390 Å². The molecule has 0 aromatic rings. The Hall–Kier alpha value is -5.42. The molecule has 28 atom stereocenters. The Morgan fingerprint density at radius 3 is 1.04 bits per heavy atom. The molecule has 9 N–H and O–H groups in total. The number of carbonyl (C=O) groups is 10. The Bertz CT molecular complexity index is 2820. The molecule has 23 heteroatoms. The van der Waals surface area contributed by atoms with E-state index in [0.29, 0.717) is 71.5 Å². The third kappa shape index (κ3) is 46.2. The van der Waals surface area contributed by atoms with Gasteiger partial charge in [-0.1, -0.05) is 298 Å². The second-order valence-electron chi connectivity index (χ2n) is 35.5. The molecule has 1 aliphatic heterocycles. The summed E-state index contributed by atoms with van der Waals surface area (Å²) in [5, 5.41) is 82.8. The first-order valence-corrected chi connectivity index (χ1v) is 44.3. The number of hydrogen-bond acceptors (Lipinski definition) is 15. The van der Waals surface area contributed by atoms with Crippen LogP contribution in [0.3, 0.4) is 0 Å². The molecule has 0 spiro atoms. The first-order chi connectivity index (χ1) is 53.2. The van der Waals surface area contributed by atoms with Crippen molar-refractivity contribution in [2.45, 2.75) is 458 Å². The molecule has 0 amide bonds. The van der Waals surface area contributed by atoms with Crippen LogP contribution >= 0.6 is 0 Å². The van der Waals surface area contributed by atoms with Crippen molar-refractivity contribution in [3.05, 3.63) is 0 Å². The lowest BCUT2D eigenvalue weighted by Gasteiger charge is -2.32. The molecule has 0 aromatic heterocycles. The molecule has 1 heterocycles. The van der Waals surface area contributed by atoms with E-state index in [1.165, 1.54) is 39.7 Å². The van der Waals surface area contributed by atoms with Gasteiger partial charge in [-0.05, 0) is 217 Å². The van der Waals surface area contributed by atoms with E-state index in [4.69, 9.17) is 44.5 Å². The monoisotopic (exact) mass is 1830 g/mol. The summed E-state index contributed by atoms with van der Waals surface area (Å²) in [4.78, 5) is 111. The van der Waals surface area contributed by atoms with E-state index in [2.05, 4.69) is 76.2 Å². The predicted octanol–water partition coefficient (Wildman–Crippen LogP) is 28.1. The maximum atomic E-state index is 11.7. The van der Waals surface area contributed by atoms with Gasteiger partial charge in [0.1, 0.15) is 6.10 Å². The molecule has 0 radical (unpaired) electrons. The average Bonchev–Trinajstić information content (AvgIpc) is 1.65. The van der Waals surface area contributed by atoms with Crippen LogP contribution in [-0.2, 0) is 66.9 Å². The number of aliphatic hydroxyl groups is 1. The van der Waals surface area contributed by atoms with Gasteiger partial charge in [-0.15, -0.1) is 0 Å². The fraction of sp³-hybridized carbons (Fsp3) is 0.904. The van der Waals surface area contributed by atoms with Gasteiger partial charge in [0.15, 0.2) is 6.29 Å². The minimum Gasteiger partial charge on any atom is -0.481 e. The smallest absolute Gasteiger partial charge is 0.309 e. The Kier molecular flexibility index (Phi) is 88.6. The molecule has 127 heavy (non-hydrogen) atoms. The van der Waals surface area contributed by atoms with E-state index in [1.807, 2.05) is 34.6 Å². The second-order valence-corrected chi connectivity index (χ2v) is 35.5. The lowest BCUT2D eigenvalue weighted by Crippen LogP contribution is -2.35. The van der Waals surface area contributed by atoms with E-state index in [0.717, 1.165) is 173 Å². The summed E-state index contributed by atoms with van der Waals surface area (Å²) in [6, 6.07) is 0. The fourth-order valence-corrected chi connectivity index (χ4v) is 21.9. The highest BCUT2D eigenvalue weighted by Crippen LogP contribution is 2.52. The van der Waals surface area contributed by atoms with Crippen molar-refractivity contribution in [3.8, 4) is 0 Å². The number of carboxylic acid groups (broad SMARTS) is 8. The summed E-state index contributed by atoms with van der Waals surface area (Å²) in [6.45, 7) is 37.3. The van der Waals surface area contributed by atoms with Gasteiger partial charge in [-0.3, -0.25) is 47.9 Å². The van der Waals surface area contributed by atoms with Crippen molar-refractivity contribution in [1.82, 2.24) is 0 Å². The van der Waals surface area contributed by atoms with Crippen molar-refractivity contribution < 1.29 is 113 Å². The number of esters is 2. The molecule has 768 valence electrons. The minimum atomic E-state index is -1.05. The van der Waals surface area contributed by atoms with Gasteiger partial charge < -0.3 is 64.9 Å². The average molecular weight is 1830 g/mol. The molecule has 0 bridgehead atoms. The van der Waals surface area contributed by atoms with Crippen LogP contribution in [0.1, 0.15) is 434 Å². The quantitative estimate of drug-likeness (QED) is 0.0276. The largest absolute Gasteiger partial charge is 0.481 e. The van der Waals surface area contributed by atoms with Crippen LogP contribution in [0.2, 0.25) is 0 Å². The number of methoxy groups -OCH3 is 1. The number of hydrogen-bond donors (Lipinski definition) is 9. The number of carboxylic acids is 8. The summed E-state index contributed by atoms with van der Waals surface area (Å²) in [7, 11) is 1.33. The molecule has 8 aliphatic rings. The molecule has 1 saturated heterocycles. The maximum Gasteiger partial charge on any atom is 0.309 e. The van der Waals surface area contributed by atoms with Crippen LogP contribution < -0.4 is 0 Å². The molecule has 7 aliphatic carbocycles. The molecule has 23 nitrogen and oxygen atoms in total. The first kappa shape index (κ1) is 150. The molecule has 28 unspecified atom stereocenters. The third-order valence-electron chi connectivity index (χ3n) is 28.7. The highest BCUT2D eigenvalue weighted by Gasteiger charge is 2.52. The molecule has 7 saturated carbocycles. The number of ether oxygens (including phenoxy) is 4. The van der Waals surface area contributed by atoms with Gasteiger partial charge in [0.05, 0.1) is 73.1 Å². The Morgan fingerprint density at radius 1 is 0.394 bits per heavy atom. The van der Waals surface area contributed by atoms with E-state index in [1.54, 1.807) is 6.92 Å². The van der Waals surface area contributed by atoms with Gasteiger partial charge >= 0.3 is 59.7 Å². The van der Waals surface area contributed by atoms with E-state index >= 15 is 0 Å². The van der Waals surface area contributed by atoms with E-state index in [9.17, 15) is 68.4 Å². The molecular formula is C104H214O23. The zero-order chi connectivity index (χ0) is 85.9. The highest BCUT2D eigenvalue weighted by molar-refractivity contribution is 5.83. The first-order valence-electron chi connectivity index (χ1n) is 44.3. The summed E-state index contributed by atoms with van der Waals surface area (Å²) < 4.78 is 21.8. The zero-order valence-electron chi connectivity index (χ0n) is 73.1. The Morgan fingerprint density at radius 2 is 0.732 bits per heavy atom. The van der Waals surface area contributed by atoms with Crippen LogP contribution in [0.25, 0.3) is 0 Å². The van der Waals surface area contributed by atoms with Gasteiger partial charge in [-0.2, -0.15) is 0 Å². The van der Waals surface area contributed by atoms with Crippen LogP contribution in [0, 0.1) is 142 Å². The normalized spacial score (nSPS) is 30.6. The molecule has 0 aromatic carbocycles. The predicted molar refractivity (Wildman–Crippen MR) is 529 cm³/mol. The standard InChI is InChI=1S/C17H30O4.C14H24O4.C14H26O3.C12H20O4.C11H18O4.2C11H20O2.14CH4/c1-3-12-9-13(4-2)14(10-12)15(11-16(18)19)21-17-7-5-6-8-20-17;1-4-10-6-11(5-2)12(7-10)13(8-14(16)17)18-9(3)15;1-4-10-6-11(5-2)12(7-10)8-14(3,17)9-13(15)16;1-4-7-6-8(5-2)10(12(15)16-3)9(7)11(13)14;1-3-6-5-7(4-2)9(11(14)15)8(6)10(12)13;1-4-8-6-9(5-2)11(3,7-8)10(12)13;1-4-8-6-9(5-2)10(7(8)3)11(12)13;;;;;;;;;;;;;;/h12-15,17H,3-11H2,1-2H3,(H,18,19);10-13H,4-8H2,1-3H3,(H,16,17);10-12,17H,4-9H2,1-3H3,(H,15,16);7-10H,4-6H2,1-3H3,(H,13,14);6-9H,3-5H2,1-2H3,(H,12,13)(H,14,15);8-9H,4-7H2,1-3H3,(H,12,13);7-10H,4-6H2,1-3H3,(H,12,13);14*1H4. The molecular weight excluding hydrogens is 1620 g/mol. The number of aliphatic carboxylic acids is 8. The summed E-state index contributed by atoms with van der Waals surface area (Å²) in [6.07, 6.45) is 28.5. The second kappa shape index (κ2) is 75.0. The van der Waals surface area contributed by atoms with E-state index in [-0.39, 0.29) is 183 Å². The van der Waals surface area contributed by atoms with Crippen LogP contribution in [0.4, 0.5) is 0 Å². The van der Waals surface area contributed by atoms with Crippen molar-refractivity contribution in [2.75, 3.05) is 13.7 Å². The van der Waals surface area contributed by atoms with Gasteiger partial charge in [-0.25, -0.2) is 0 Å². The van der Waals surface area contributed by atoms with Crippen molar-refractivity contribution in [1.29, 1.82) is 0 Å². The van der Waals surface area contributed by atoms with Crippen molar-refractivity contribution in [2.24, 2.45) is 142 Å². The van der Waals surface area contributed by atoms with Gasteiger partial charge in [0.2, 0.25) is 0 Å². The summed E-state index contributed by atoms with van der Waals surface area (Å²) >= 11 is 0. The zero-order valence-corrected chi connectivity index (χ0v) is 73.1. The molecule has 8 rings (SSSR count). The van der Waals surface area contributed by atoms with Crippen LogP contribution in [-0.4, -0.2) is 143 Å². The Balaban J connectivity index is -0.000000107. The minimum absolute atomic E-state index is 0. The number of rotatable bonds is 33. The fourth-order valence-electron chi connectivity index (χ4n) is 21.9. The van der Waals surface area contributed by atoms with Crippen molar-refractivity contribution >= 4 is 59.7 Å². The van der Waals surface area contributed by atoms with Crippen LogP contribution in [0.5, 0.6) is 0 Å². The maximum absolute atomic E-state index is 11.7. The summed E-state index contributed by atoms with van der Waals surface area (Å²) in [5.41, 5.74) is -1.50. The highest BCUT2D eigenvalue weighted by atomic mass is 16.7. The lowest BCUT2D eigenvalue weighted by molar-refractivity contribution is -0.204. The van der Waals surface area contributed by atoms with Crippen molar-refractivity contribution in [3.63, 3.8) is 0 Å².